The van der Waals surface area contributed by atoms with Crippen LogP contribution in [-0.4, -0.2) is 19.6 Å². The Balaban J connectivity index is 1.62. The van der Waals surface area contributed by atoms with Gasteiger partial charge in [0.25, 0.3) is 0 Å². The van der Waals surface area contributed by atoms with E-state index >= 15 is 0 Å². The van der Waals surface area contributed by atoms with Crippen LogP contribution in [0.25, 0.3) is 0 Å². The average molecular weight is 168 g/mol. The van der Waals surface area contributed by atoms with E-state index in [0.717, 1.165) is 13.1 Å². The fraction of sp³-hybridized carbons (Fsp3) is 1.00. The van der Waals surface area contributed by atoms with Crippen molar-refractivity contribution in [2.45, 2.75) is 32.6 Å². The van der Waals surface area contributed by atoms with Gasteiger partial charge in [0, 0.05) is 13.1 Å². The van der Waals surface area contributed by atoms with Crippen LogP contribution in [0, 0.1) is 10.8 Å². The molecule has 0 atom stereocenters. The topological polar surface area (TPSA) is 38.0 Å². The largest absolute Gasteiger partial charge is 0.330 e. The first-order chi connectivity index (χ1) is 5.68. The quantitative estimate of drug-likeness (QED) is 0.645. The van der Waals surface area contributed by atoms with E-state index in [1.165, 1.54) is 32.2 Å². The first-order valence-electron chi connectivity index (χ1n) is 5.09. The van der Waals surface area contributed by atoms with Gasteiger partial charge in [0.05, 0.1) is 0 Å². The summed E-state index contributed by atoms with van der Waals surface area (Å²) in [5, 5.41) is 3.56. The molecule has 0 aliphatic heterocycles. The normalized spacial score (nSPS) is 28.5. The summed E-state index contributed by atoms with van der Waals surface area (Å²) in [5.74, 6) is 0. The molecule has 3 N–H and O–H groups in total. The second-order valence-corrected chi connectivity index (χ2v) is 5.12. The molecule has 2 fully saturated rings. The number of hydrogen-bond acceptors (Lipinski definition) is 2. The highest BCUT2D eigenvalue weighted by molar-refractivity contribution is 4.97. The molecule has 0 aromatic rings. The first kappa shape index (κ1) is 8.52. The highest BCUT2D eigenvalue weighted by atomic mass is 14.9. The third-order valence-corrected chi connectivity index (χ3v) is 3.55. The van der Waals surface area contributed by atoms with Gasteiger partial charge in [-0.3, -0.25) is 0 Å². The minimum Gasteiger partial charge on any atom is -0.330 e. The molecule has 0 amide bonds. The molecular weight excluding hydrogens is 148 g/mol. The molecule has 2 aliphatic rings. The van der Waals surface area contributed by atoms with E-state index in [0.29, 0.717) is 10.8 Å². The smallest absolute Gasteiger partial charge is 0.00201 e. The summed E-state index contributed by atoms with van der Waals surface area (Å²) in [6, 6.07) is 0. The van der Waals surface area contributed by atoms with Gasteiger partial charge in [-0.1, -0.05) is 6.92 Å². The van der Waals surface area contributed by atoms with Gasteiger partial charge < -0.3 is 11.1 Å². The second-order valence-electron chi connectivity index (χ2n) is 5.12. The molecule has 0 heterocycles. The highest BCUT2D eigenvalue weighted by Gasteiger charge is 2.42. The van der Waals surface area contributed by atoms with Crippen LogP contribution in [0.2, 0.25) is 0 Å². The molecule has 0 radical (unpaired) electrons. The summed E-state index contributed by atoms with van der Waals surface area (Å²) in [6.45, 7) is 5.59. The maximum absolute atomic E-state index is 5.69. The monoisotopic (exact) mass is 168 g/mol. The summed E-state index contributed by atoms with van der Waals surface area (Å²) in [4.78, 5) is 0. The molecule has 0 aromatic carbocycles. The predicted octanol–water partition coefficient (Wildman–Crippen LogP) is 1.11. The summed E-state index contributed by atoms with van der Waals surface area (Å²) in [7, 11) is 0. The molecule has 2 aliphatic carbocycles. The fourth-order valence-electron chi connectivity index (χ4n) is 1.65. The van der Waals surface area contributed by atoms with Crippen molar-refractivity contribution in [1.82, 2.24) is 5.32 Å². The number of hydrogen-bond donors (Lipinski definition) is 2. The van der Waals surface area contributed by atoms with Gasteiger partial charge in [-0.05, 0) is 43.1 Å². The van der Waals surface area contributed by atoms with E-state index in [4.69, 9.17) is 5.73 Å². The maximum atomic E-state index is 5.69. The zero-order valence-electron chi connectivity index (χ0n) is 8.03. The van der Waals surface area contributed by atoms with Crippen LogP contribution in [0.15, 0.2) is 0 Å². The van der Waals surface area contributed by atoms with Crippen molar-refractivity contribution in [1.29, 1.82) is 0 Å². The molecular formula is C10H20N2. The van der Waals surface area contributed by atoms with Crippen LogP contribution < -0.4 is 11.1 Å². The lowest BCUT2D eigenvalue weighted by molar-refractivity contribution is 0.422. The molecule has 70 valence electrons. The number of rotatable bonds is 5. The first-order valence-corrected chi connectivity index (χ1v) is 5.09. The minimum absolute atomic E-state index is 0.505. The summed E-state index contributed by atoms with van der Waals surface area (Å²) in [5.41, 5.74) is 6.84. The predicted molar refractivity (Wildman–Crippen MR) is 50.9 cm³/mol. The molecule has 2 saturated carbocycles. The molecule has 0 unspecified atom stereocenters. The number of nitrogens with two attached hydrogens (primary N) is 1. The van der Waals surface area contributed by atoms with Gasteiger partial charge in [0.1, 0.15) is 0 Å². The Labute approximate surface area is 74.9 Å². The molecule has 2 nitrogen and oxygen atoms in total. The Morgan fingerprint density at radius 1 is 1.17 bits per heavy atom. The lowest BCUT2D eigenvalue weighted by Crippen LogP contribution is -2.32. The zero-order chi connectivity index (χ0) is 8.66. The summed E-state index contributed by atoms with van der Waals surface area (Å²) in [6.07, 6.45) is 5.51. The third kappa shape index (κ3) is 1.80. The van der Waals surface area contributed by atoms with E-state index < -0.39 is 0 Å². The Morgan fingerprint density at radius 2 is 1.83 bits per heavy atom. The molecule has 0 bridgehead atoms. The van der Waals surface area contributed by atoms with Crippen molar-refractivity contribution in [2.24, 2.45) is 16.6 Å². The van der Waals surface area contributed by atoms with Crippen molar-refractivity contribution < 1.29 is 0 Å². The fourth-order valence-corrected chi connectivity index (χ4v) is 1.65. The van der Waals surface area contributed by atoms with Crippen LogP contribution >= 0.6 is 0 Å². The van der Waals surface area contributed by atoms with Crippen molar-refractivity contribution in [3.63, 3.8) is 0 Å². The minimum atomic E-state index is 0.505. The Bertz CT molecular complexity index is 169. The molecule has 0 spiro atoms. The Hall–Kier alpha value is -0.0800. The Morgan fingerprint density at radius 3 is 2.25 bits per heavy atom. The SMILES string of the molecule is CC1(CNCC2(CN)CC2)CC1. The van der Waals surface area contributed by atoms with Crippen LogP contribution in [0.3, 0.4) is 0 Å². The molecule has 0 saturated heterocycles. The van der Waals surface area contributed by atoms with Crippen molar-refractivity contribution >= 4 is 0 Å². The molecule has 0 aromatic heterocycles. The van der Waals surface area contributed by atoms with E-state index in [2.05, 4.69) is 12.2 Å². The van der Waals surface area contributed by atoms with Crippen molar-refractivity contribution in [2.75, 3.05) is 19.6 Å². The van der Waals surface area contributed by atoms with E-state index in [-0.39, 0.29) is 0 Å². The standard InChI is InChI=1S/C10H20N2/c1-9(2-3-9)7-12-8-10(6-11)4-5-10/h12H,2-8,11H2,1H3. The van der Waals surface area contributed by atoms with Crippen LogP contribution in [0.1, 0.15) is 32.6 Å². The molecule has 2 heteroatoms. The van der Waals surface area contributed by atoms with Gasteiger partial charge in [-0.15, -0.1) is 0 Å². The van der Waals surface area contributed by atoms with Crippen molar-refractivity contribution in [3.8, 4) is 0 Å². The number of nitrogens with one attached hydrogen (secondary N) is 1. The van der Waals surface area contributed by atoms with Crippen LogP contribution in [-0.2, 0) is 0 Å². The summed E-state index contributed by atoms with van der Waals surface area (Å²) >= 11 is 0. The van der Waals surface area contributed by atoms with E-state index in [1.54, 1.807) is 0 Å². The Kier molecular flexibility index (Phi) is 1.92. The summed E-state index contributed by atoms with van der Waals surface area (Å²) < 4.78 is 0. The second kappa shape index (κ2) is 2.71. The van der Waals surface area contributed by atoms with E-state index in [9.17, 15) is 0 Å². The van der Waals surface area contributed by atoms with Crippen molar-refractivity contribution in [3.05, 3.63) is 0 Å². The third-order valence-electron chi connectivity index (χ3n) is 3.55. The van der Waals surface area contributed by atoms with Crippen LogP contribution in [0.4, 0.5) is 0 Å². The van der Waals surface area contributed by atoms with E-state index in [1.807, 2.05) is 0 Å². The maximum Gasteiger partial charge on any atom is 0.00201 e. The van der Waals surface area contributed by atoms with Gasteiger partial charge in [0.15, 0.2) is 0 Å². The highest BCUT2D eigenvalue weighted by Crippen LogP contribution is 2.46. The van der Waals surface area contributed by atoms with Gasteiger partial charge in [-0.2, -0.15) is 0 Å². The molecule has 12 heavy (non-hydrogen) atoms. The zero-order valence-corrected chi connectivity index (χ0v) is 8.03. The average Bonchev–Trinajstić information content (AvgIpc) is 2.92. The van der Waals surface area contributed by atoms with Gasteiger partial charge >= 0.3 is 0 Å². The molecule has 2 rings (SSSR count). The lowest BCUT2D eigenvalue weighted by Gasteiger charge is -2.15. The van der Waals surface area contributed by atoms with Crippen LogP contribution in [0.5, 0.6) is 0 Å². The van der Waals surface area contributed by atoms with Gasteiger partial charge in [-0.25, -0.2) is 0 Å². The van der Waals surface area contributed by atoms with Gasteiger partial charge in [0.2, 0.25) is 0 Å². The lowest BCUT2D eigenvalue weighted by atomic mass is 10.1.